The average molecular weight is 384 g/mol. The number of methoxy groups -OCH3 is 1. The Morgan fingerprint density at radius 1 is 0.893 bits per heavy atom. The minimum Gasteiger partial charge on any atom is -0.465 e. The lowest BCUT2D eigenvalue weighted by atomic mass is 10.2. The van der Waals surface area contributed by atoms with Crippen molar-refractivity contribution >= 4 is 29.2 Å². The van der Waals surface area contributed by atoms with Gasteiger partial charge in [-0.2, -0.15) is 0 Å². The Labute approximate surface area is 158 Å². The van der Waals surface area contributed by atoms with Gasteiger partial charge in [-0.05, 0) is 36.4 Å². The maximum Gasteiger partial charge on any atom is 0.337 e. The molecule has 0 spiro atoms. The van der Waals surface area contributed by atoms with Gasteiger partial charge >= 0.3 is 5.97 Å². The molecule has 2 aromatic carbocycles. The summed E-state index contributed by atoms with van der Waals surface area (Å²) in [6, 6.07) is 9.50. The van der Waals surface area contributed by atoms with E-state index in [1.165, 1.54) is 25.6 Å². The molecule has 7 nitrogen and oxygen atoms in total. The number of ether oxygens (including phenoxy) is 1. The molecule has 0 bridgehead atoms. The summed E-state index contributed by atoms with van der Waals surface area (Å²) in [6.45, 7) is 0. The molecule has 0 saturated carbocycles. The van der Waals surface area contributed by atoms with E-state index in [9.17, 15) is 18.4 Å². The van der Waals surface area contributed by atoms with Gasteiger partial charge in [0.1, 0.15) is 0 Å². The van der Waals surface area contributed by atoms with Gasteiger partial charge in [-0.1, -0.05) is 0 Å². The predicted molar refractivity (Wildman–Crippen MR) is 97.4 cm³/mol. The van der Waals surface area contributed by atoms with Gasteiger partial charge in [-0.25, -0.2) is 23.5 Å². The van der Waals surface area contributed by atoms with Crippen molar-refractivity contribution in [1.29, 1.82) is 0 Å². The number of anilines is 3. The van der Waals surface area contributed by atoms with Crippen LogP contribution in [0.2, 0.25) is 0 Å². The van der Waals surface area contributed by atoms with Crippen LogP contribution in [0.4, 0.5) is 26.1 Å². The van der Waals surface area contributed by atoms with Crippen molar-refractivity contribution in [1.82, 2.24) is 9.97 Å². The second kappa shape index (κ2) is 8.21. The lowest BCUT2D eigenvalue weighted by molar-refractivity contribution is 0.0600. The molecule has 0 fully saturated rings. The van der Waals surface area contributed by atoms with Crippen LogP contribution in [0.25, 0.3) is 0 Å². The maximum atomic E-state index is 13.2. The van der Waals surface area contributed by atoms with Gasteiger partial charge in [0, 0.05) is 29.8 Å². The Morgan fingerprint density at radius 2 is 1.54 bits per heavy atom. The van der Waals surface area contributed by atoms with Gasteiger partial charge in [0.05, 0.1) is 18.2 Å². The minimum absolute atomic E-state index is 0.108. The first-order valence-corrected chi connectivity index (χ1v) is 8.00. The highest BCUT2D eigenvalue weighted by Crippen LogP contribution is 2.16. The van der Waals surface area contributed by atoms with E-state index < -0.39 is 23.5 Å². The van der Waals surface area contributed by atoms with E-state index in [0.29, 0.717) is 11.3 Å². The molecule has 1 heterocycles. The Hall–Kier alpha value is -3.88. The van der Waals surface area contributed by atoms with Crippen LogP contribution < -0.4 is 10.6 Å². The zero-order valence-corrected chi connectivity index (χ0v) is 14.6. The topological polar surface area (TPSA) is 93.2 Å². The first kappa shape index (κ1) is 18.9. The zero-order valence-electron chi connectivity index (χ0n) is 14.6. The lowest BCUT2D eigenvalue weighted by Crippen LogP contribution is -2.13. The third kappa shape index (κ3) is 4.44. The molecule has 0 aliphatic heterocycles. The number of nitrogens with zero attached hydrogens (tertiary/aromatic N) is 2. The fourth-order valence-electron chi connectivity index (χ4n) is 2.22. The Balaban J connectivity index is 1.64. The molecule has 1 amide bonds. The van der Waals surface area contributed by atoms with Gasteiger partial charge in [0.2, 0.25) is 5.95 Å². The number of aromatic nitrogens is 2. The number of rotatable bonds is 5. The molecule has 0 atom stereocenters. The number of hydrogen-bond acceptors (Lipinski definition) is 6. The van der Waals surface area contributed by atoms with E-state index in [1.54, 1.807) is 24.3 Å². The highest BCUT2D eigenvalue weighted by Gasteiger charge is 2.10. The zero-order chi connectivity index (χ0) is 20.1. The molecule has 9 heteroatoms. The van der Waals surface area contributed by atoms with Crippen LogP contribution in [0, 0.1) is 11.6 Å². The lowest BCUT2D eigenvalue weighted by Gasteiger charge is -2.07. The molecule has 0 radical (unpaired) electrons. The minimum atomic E-state index is -1.06. The van der Waals surface area contributed by atoms with Crippen molar-refractivity contribution in [3.63, 3.8) is 0 Å². The van der Waals surface area contributed by atoms with Crippen LogP contribution in [-0.4, -0.2) is 29.0 Å². The van der Waals surface area contributed by atoms with Crippen molar-refractivity contribution in [2.75, 3.05) is 17.7 Å². The van der Waals surface area contributed by atoms with E-state index in [-0.39, 0.29) is 17.2 Å². The fraction of sp³-hybridized carbons (Fsp3) is 0.0526. The normalized spacial score (nSPS) is 10.2. The molecular weight excluding hydrogens is 370 g/mol. The third-order valence-corrected chi connectivity index (χ3v) is 3.65. The van der Waals surface area contributed by atoms with Gasteiger partial charge < -0.3 is 15.4 Å². The molecule has 2 N–H and O–H groups in total. The van der Waals surface area contributed by atoms with Crippen LogP contribution in [-0.2, 0) is 4.74 Å². The maximum absolute atomic E-state index is 13.2. The summed E-state index contributed by atoms with van der Waals surface area (Å²) in [5.74, 6) is -2.85. The smallest absolute Gasteiger partial charge is 0.337 e. The van der Waals surface area contributed by atoms with Crippen molar-refractivity contribution in [2.24, 2.45) is 0 Å². The second-order valence-corrected chi connectivity index (χ2v) is 5.57. The second-order valence-electron chi connectivity index (χ2n) is 5.57. The average Bonchev–Trinajstić information content (AvgIpc) is 2.71. The first-order chi connectivity index (χ1) is 13.5. The summed E-state index contributed by atoms with van der Waals surface area (Å²) in [5, 5.41) is 5.35. The number of halogens is 2. The number of nitrogens with one attached hydrogen (secondary N) is 2. The fourth-order valence-corrected chi connectivity index (χ4v) is 2.22. The number of esters is 1. The van der Waals surface area contributed by atoms with E-state index in [4.69, 9.17) is 0 Å². The number of carbonyl (C=O) groups excluding carboxylic acids is 2. The largest absolute Gasteiger partial charge is 0.465 e. The first-order valence-electron chi connectivity index (χ1n) is 8.00. The van der Waals surface area contributed by atoms with E-state index in [0.717, 1.165) is 12.1 Å². The molecular formula is C19H14F2N4O3. The molecule has 0 aliphatic rings. The summed E-state index contributed by atoms with van der Waals surface area (Å²) >= 11 is 0. The van der Waals surface area contributed by atoms with Gasteiger partial charge in [0.15, 0.2) is 11.6 Å². The SMILES string of the molecule is COC(=O)c1ccc(Nc2ncc(C(=O)Nc3ccc(F)c(F)c3)cn2)cc1. The highest BCUT2D eigenvalue weighted by atomic mass is 19.2. The van der Waals surface area contributed by atoms with Crippen molar-refractivity contribution in [3.05, 3.63) is 77.6 Å². The van der Waals surface area contributed by atoms with Crippen LogP contribution in [0.15, 0.2) is 54.9 Å². The number of benzene rings is 2. The summed E-state index contributed by atoms with van der Waals surface area (Å²) in [4.78, 5) is 31.6. The standard InChI is InChI=1S/C19H14F2N4O3/c1-28-18(27)11-2-4-13(5-3-11)25-19-22-9-12(10-23-19)17(26)24-14-6-7-15(20)16(21)8-14/h2-10H,1H3,(H,24,26)(H,22,23,25). The molecule has 3 rings (SSSR count). The Morgan fingerprint density at radius 3 is 2.14 bits per heavy atom. The van der Waals surface area contributed by atoms with Crippen molar-refractivity contribution in [3.8, 4) is 0 Å². The van der Waals surface area contributed by atoms with Gasteiger partial charge in [-0.3, -0.25) is 4.79 Å². The Bertz CT molecular complexity index is 1010. The van der Waals surface area contributed by atoms with Gasteiger partial charge in [0.25, 0.3) is 5.91 Å². The van der Waals surface area contributed by atoms with Crippen molar-refractivity contribution in [2.45, 2.75) is 0 Å². The number of hydrogen-bond donors (Lipinski definition) is 2. The van der Waals surface area contributed by atoms with Crippen molar-refractivity contribution < 1.29 is 23.1 Å². The molecule has 3 aromatic rings. The predicted octanol–water partition coefficient (Wildman–Crippen LogP) is 3.54. The van der Waals surface area contributed by atoms with Crippen LogP contribution >= 0.6 is 0 Å². The summed E-state index contributed by atoms with van der Waals surface area (Å²) in [6.07, 6.45) is 2.57. The van der Waals surface area contributed by atoms with E-state index in [2.05, 4.69) is 25.3 Å². The highest BCUT2D eigenvalue weighted by molar-refractivity contribution is 6.03. The third-order valence-electron chi connectivity index (χ3n) is 3.65. The van der Waals surface area contributed by atoms with Gasteiger partial charge in [-0.15, -0.1) is 0 Å². The molecule has 0 aliphatic carbocycles. The van der Waals surface area contributed by atoms with Crippen LogP contribution in [0.3, 0.4) is 0 Å². The molecule has 0 saturated heterocycles. The van der Waals surface area contributed by atoms with E-state index >= 15 is 0 Å². The quantitative estimate of drug-likeness (QED) is 0.654. The number of amides is 1. The Kier molecular flexibility index (Phi) is 5.54. The van der Waals surface area contributed by atoms with E-state index in [1.807, 2.05) is 0 Å². The summed E-state index contributed by atoms with van der Waals surface area (Å²) < 4.78 is 30.7. The van der Waals surface area contributed by atoms with Crippen LogP contribution in [0.1, 0.15) is 20.7 Å². The summed E-state index contributed by atoms with van der Waals surface area (Å²) in [5.41, 5.74) is 1.28. The molecule has 28 heavy (non-hydrogen) atoms. The number of carbonyl (C=O) groups is 2. The molecule has 1 aromatic heterocycles. The molecule has 0 unspecified atom stereocenters. The monoisotopic (exact) mass is 384 g/mol. The summed E-state index contributed by atoms with van der Waals surface area (Å²) in [7, 11) is 1.30. The molecule has 142 valence electrons. The van der Waals surface area contributed by atoms with Crippen LogP contribution in [0.5, 0.6) is 0 Å².